The molecule has 1 aromatic carbocycles. The highest BCUT2D eigenvalue weighted by Gasteiger charge is 2.21. The molecule has 1 aromatic rings. The smallest absolute Gasteiger partial charge is 0.327 e. The summed E-state index contributed by atoms with van der Waals surface area (Å²) in [6.07, 6.45) is 0.603. The van der Waals surface area contributed by atoms with E-state index in [0.29, 0.717) is 35.1 Å². The zero-order valence-electron chi connectivity index (χ0n) is 10.8. The van der Waals surface area contributed by atoms with E-state index in [1.165, 1.54) is 7.11 Å². The molecule has 0 saturated carbocycles. The number of hydrogen-bond donors (Lipinski definition) is 1. The number of carbonyl (C=O) groups excluding carboxylic acids is 1. The fourth-order valence-corrected chi connectivity index (χ4v) is 2.18. The summed E-state index contributed by atoms with van der Waals surface area (Å²) in [7, 11) is 1.31. The maximum atomic E-state index is 11.8. The largest absolute Gasteiger partial charge is 0.468 e. The molecule has 0 fully saturated rings. The van der Waals surface area contributed by atoms with Crippen molar-refractivity contribution in [3.8, 4) is 0 Å². The van der Waals surface area contributed by atoms with Gasteiger partial charge in [-0.2, -0.15) is 0 Å². The first-order chi connectivity index (χ1) is 9.58. The van der Waals surface area contributed by atoms with Crippen molar-refractivity contribution >= 4 is 29.2 Å². The summed E-state index contributed by atoms with van der Waals surface area (Å²) in [5.74, 6) is -0.438. The van der Waals surface area contributed by atoms with Gasteiger partial charge in [0.2, 0.25) is 0 Å². The minimum Gasteiger partial charge on any atom is -0.468 e. The molecule has 20 heavy (non-hydrogen) atoms. The zero-order valence-corrected chi connectivity index (χ0v) is 12.4. The van der Waals surface area contributed by atoms with Gasteiger partial charge in [0, 0.05) is 21.5 Å². The van der Waals surface area contributed by atoms with Crippen LogP contribution in [0, 0.1) is 0 Å². The molecular formula is C12H14Cl2N4O2. The molecular weight excluding hydrogens is 303 g/mol. The first kappa shape index (κ1) is 16.6. The maximum absolute atomic E-state index is 11.8. The van der Waals surface area contributed by atoms with Crippen molar-refractivity contribution in [2.24, 2.45) is 5.11 Å². The van der Waals surface area contributed by atoms with Crippen molar-refractivity contribution in [1.29, 1.82) is 0 Å². The summed E-state index contributed by atoms with van der Waals surface area (Å²) in [6, 6.07) is 4.22. The molecule has 0 spiro atoms. The van der Waals surface area contributed by atoms with Gasteiger partial charge < -0.3 is 10.1 Å². The monoisotopic (exact) mass is 316 g/mol. The van der Waals surface area contributed by atoms with Crippen LogP contribution in [-0.2, 0) is 9.53 Å². The van der Waals surface area contributed by atoms with Crippen molar-refractivity contribution in [2.75, 3.05) is 20.2 Å². The SMILES string of the molecule is COC(=O)C(NCCCN=[N+]=[N-])c1cc(Cl)cc(Cl)c1. The van der Waals surface area contributed by atoms with Crippen LogP contribution in [0.15, 0.2) is 23.3 Å². The number of carbonyl (C=O) groups is 1. The number of azide groups is 1. The summed E-state index contributed by atoms with van der Waals surface area (Å²) in [6.45, 7) is 0.844. The Kier molecular flexibility index (Phi) is 7.18. The van der Waals surface area contributed by atoms with Crippen molar-refractivity contribution in [3.05, 3.63) is 44.3 Å². The van der Waals surface area contributed by atoms with Gasteiger partial charge in [-0.15, -0.1) is 0 Å². The summed E-state index contributed by atoms with van der Waals surface area (Å²) in [5, 5.41) is 7.33. The van der Waals surface area contributed by atoms with Crippen molar-refractivity contribution < 1.29 is 9.53 Å². The van der Waals surface area contributed by atoms with Gasteiger partial charge in [0.25, 0.3) is 0 Å². The van der Waals surface area contributed by atoms with E-state index in [2.05, 4.69) is 15.3 Å². The average molecular weight is 317 g/mol. The van der Waals surface area contributed by atoms with Gasteiger partial charge in [0.05, 0.1) is 7.11 Å². The number of nitrogens with one attached hydrogen (secondary N) is 1. The molecule has 0 bridgehead atoms. The quantitative estimate of drug-likeness (QED) is 0.274. The average Bonchev–Trinajstić information content (AvgIpc) is 2.41. The van der Waals surface area contributed by atoms with E-state index >= 15 is 0 Å². The normalized spacial score (nSPS) is 11.6. The Bertz CT molecular complexity index is 498. The summed E-state index contributed by atoms with van der Waals surface area (Å²) >= 11 is 11.9. The van der Waals surface area contributed by atoms with Gasteiger partial charge in [-0.05, 0) is 42.3 Å². The molecule has 1 rings (SSSR count). The standard InChI is InChI=1S/C12H14Cl2N4O2/c1-20-12(19)11(16-3-2-4-17-18-15)8-5-9(13)7-10(14)6-8/h5-7,11,16H,2-4H2,1H3. The first-order valence-electron chi connectivity index (χ1n) is 5.86. The van der Waals surface area contributed by atoms with Gasteiger partial charge in [-0.25, -0.2) is 4.79 Å². The van der Waals surface area contributed by atoms with Gasteiger partial charge in [-0.1, -0.05) is 28.3 Å². The second-order valence-corrected chi connectivity index (χ2v) is 4.79. The first-order valence-corrected chi connectivity index (χ1v) is 6.62. The predicted octanol–water partition coefficient (Wildman–Crippen LogP) is 3.50. The lowest BCUT2D eigenvalue weighted by Crippen LogP contribution is -2.30. The van der Waals surface area contributed by atoms with E-state index in [-0.39, 0.29) is 0 Å². The van der Waals surface area contributed by atoms with Gasteiger partial charge in [-0.3, -0.25) is 0 Å². The lowest BCUT2D eigenvalue weighted by atomic mass is 10.1. The Labute approximate surface area is 126 Å². The third kappa shape index (κ3) is 5.27. The lowest BCUT2D eigenvalue weighted by molar-refractivity contribution is -0.143. The van der Waals surface area contributed by atoms with Crippen LogP contribution in [0.2, 0.25) is 10.0 Å². The summed E-state index contributed by atoms with van der Waals surface area (Å²) in [4.78, 5) is 14.5. The Balaban J connectivity index is 2.78. The number of halogens is 2. The van der Waals surface area contributed by atoms with E-state index in [0.717, 1.165) is 0 Å². The minimum absolute atomic E-state index is 0.355. The molecule has 1 unspecified atom stereocenters. The van der Waals surface area contributed by atoms with Crippen LogP contribution >= 0.6 is 23.2 Å². The lowest BCUT2D eigenvalue weighted by Gasteiger charge is -2.17. The molecule has 108 valence electrons. The second kappa shape index (κ2) is 8.66. The molecule has 0 saturated heterocycles. The third-order valence-electron chi connectivity index (χ3n) is 2.50. The minimum atomic E-state index is -0.665. The number of ether oxygens (including phenoxy) is 1. The van der Waals surface area contributed by atoms with Crippen LogP contribution < -0.4 is 5.32 Å². The van der Waals surface area contributed by atoms with Crippen molar-refractivity contribution in [1.82, 2.24) is 5.32 Å². The predicted molar refractivity (Wildman–Crippen MR) is 77.9 cm³/mol. The Morgan fingerprint density at radius 2 is 2.10 bits per heavy atom. The number of esters is 1. The molecule has 0 aliphatic carbocycles. The zero-order chi connectivity index (χ0) is 15.0. The second-order valence-electron chi connectivity index (χ2n) is 3.92. The molecule has 0 aromatic heterocycles. The third-order valence-corrected chi connectivity index (χ3v) is 2.94. The van der Waals surface area contributed by atoms with Gasteiger partial charge >= 0.3 is 5.97 Å². The van der Waals surface area contributed by atoms with E-state index in [1.54, 1.807) is 18.2 Å². The van der Waals surface area contributed by atoms with E-state index < -0.39 is 12.0 Å². The van der Waals surface area contributed by atoms with Crippen LogP contribution in [0.1, 0.15) is 18.0 Å². The number of methoxy groups -OCH3 is 1. The van der Waals surface area contributed by atoms with Crippen LogP contribution in [0.3, 0.4) is 0 Å². The maximum Gasteiger partial charge on any atom is 0.327 e. The highest BCUT2D eigenvalue weighted by atomic mass is 35.5. The number of benzene rings is 1. The van der Waals surface area contributed by atoms with Crippen molar-refractivity contribution in [2.45, 2.75) is 12.5 Å². The van der Waals surface area contributed by atoms with Crippen LogP contribution in [0.4, 0.5) is 0 Å². The van der Waals surface area contributed by atoms with Crippen LogP contribution in [0.5, 0.6) is 0 Å². The molecule has 8 heteroatoms. The Morgan fingerprint density at radius 3 is 2.65 bits per heavy atom. The van der Waals surface area contributed by atoms with E-state index in [1.807, 2.05) is 0 Å². The van der Waals surface area contributed by atoms with Gasteiger partial charge in [0.15, 0.2) is 0 Å². The molecule has 0 aliphatic heterocycles. The summed E-state index contributed by atoms with van der Waals surface area (Å²) in [5.41, 5.74) is 8.80. The molecule has 1 atom stereocenters. The van der Waals surface area contributed by atoms with Crippen molar-refractivity contribution in [3.63, 3.8) is 0 Å². The number of nitrogens with zero attached hydrogens (tertiary/aromatic N) is 3. The molecule has 0 radical (unpaired) electrons. The van der Waals surface area contributed by atoms with Crippen LogP contribution in [-0.4, -0.2) is 26.2 Å². The fraction of sp³-hybridized carbons (Fsp3) is 0.417. The highest BCUT2D eigenvalue weighted by molar-refractivity contribution is 6.34. The highest BCUT2D eigenvalue weighted by Crippen LogP contribution is 2.24. The summed E-state index contributed by atoms with van der Waals surface area (Å²) < 4.78 is 4.76. The molecule has 0 aliphatic rings. The number of rotatable bonds is 7. The van der Waals surface area contributed by atoms with E-state index in [9.17, 15) is 4.79 Å². The van der Waals surface area contributed by atoms with Gasteiger partial charge in [0.1, 0.15) is 6.04 Å². The van der Waals surface area contributed by atoms with Crippen LogP contribution in [0.25, 0.3) is 10.4 Å². The molecule has 1 N–H and O–H groups in total. The molecule has 6 nitrogen and oxygen atoms in total. The number of hydrogen-bond acceptors (Lipinski definition) is 4. The fourth-order valence-electron chi connectivity index (χ4n) is 1.64. The Morgan fingerprint density at radius 1 is 1.45 bits per heavy atom. The molecule has 0 heterocycles. The Hall–Kier alpha value is -1.46. The van der Waals surface area contributed by atoms with E-state index in [4.69, 9.17) is 33.5 Å². The topological polar surface area (TPSA) is 87.1 Å². The molecule has 0 amide bonds.